The van der Waals surface area contributed by atoms with Gasteiger partial charge in [-0.15, -0.1) is 0 Å². The van der Waals surface area contributed by atoms with E-state index in [-0.39, 0.29) is 34.9 Å². The quantitative estimate of drug-likeness (QED) is 0.398. The largest absolute Gasteiger partial charge is 0.748 e. The second-order valence-corrected chi connectivity index (χ2v) is 15.3. The Labute approximate surface area is 224 Å². The summed E-state index contributed by atoms with van der Waals surface area (Å²) in [6.07, 6.45) is 8.82. The Morgan fingerprint density at radius 2 is 1.68 bits per heavy atom. The van der Waals surface area contributed by atoms with Crippen molar-refractivity contribution in [2.45, 2.75) is 117 Å². The molecule has 4 fully saturated rings. The number of amides is 1. The van der Waals surface area contributed by atoms with Crippen LogP contribution in [-0.4, -0.2) is 53.1 Å². The normalized spacial score (nSPS) is 45.3. The zero-order chi connectivity index (χ0) is 27.3. The van der Waals surface area contributed by atoms with Crippen LogP contribution in [-0.2, 0) is 14.9 Å². The minimum absolute atomic E-state index is 0.150. The van der Waals surface area contributed by atoms with Gasteiger partial charge in [0.25, 0.3) is 0 Å². The van der Waals surface area contributed by atoms with Crippen molar-refractivity contribution in [1.29, 1.82) is 0 Å². The van der Waals surface area contributed by atoms with Gasteiger partial charge in [0.05, 0.1) is 28.1 Å². The van der Waals surface area contributed by atoms with Gasteiger partial charge in [-0.25, -0.2) is 8.42 Å². The molecule has 4 saturated carbocycles. The maximum absolute atomic E-state index is 12.5. The van der Waals surface area contributed by atoms with Crippen LogP contribution in [0.1, 0.15) is 98.8 Å². The molecular formula is C29H50NO6S-. The number of fused-ring (bicyclic) bond motifs is 5. The first-order valence-electron chi connectivity index (χ1n) is 14.8. The van der Waals surface area contributed by atoms with Gasteiger partial charge in [0, 0.05) is 12.5 Å². The van der Waals surface area contributed by atoms with Crippen molar-refractivity contribution < 1.29 is 28.0 Å². The number of aliphatic hydroxyl groups is 2. The second kappa shape index (κ2) is 10.7. The molecule has 0 aromatic rings. The lowest BCUT2D eigenvalue weighted by Gasteiger charge is -2.64. The molecule has 0 aliphatic heterocycles. The summed E-state index contributed by atoms with van der Waals surface area (Å²) in [5, 5.41) is 25.0. The highest BCUT2D eigenvalue weighted by Gasteiger charge is 2.64. The topological polar surface area (TPSA) is 127 Å². The Morgan fingerprint density at radius 3 is 2.32 bits per heavy atom. The maximum atomic E-state index is 12.5. The van der Waals surface area contributed by atoms with Gasteiger partial charge in [-0.2, -0.15) is 0 Å². The van der Waals surface area contributed by atoms with Crippen molar-refractivity contribution in [3.8, 4) is 0 Å². The average molecular weight is 541 g/mol. The van der Waals surface area contributed by atoms with Crippen LogP contribution in [0.5, 0.6) is 0 Å². The van der Waals surface area contributed by atoms with Crippen LogP contribution in [0.2, 0.25) is 0 Å². The zero-order valence-corrected chi connectivity index (χ0v) is 24.3. The van der Waals surface area contributed by atoms with Gasteiger partial charge in [0.2, 0.25) is 5.91 Å². The van der Waals surface area contributed by atoms with Gasteiger partial charge >= 0.3 is 0 Å². The molecule has 12 atom stereocenters. The Bertz CT molecular complexity index is 941. The smallest absolute Gasteiger partial charge is 0.220 e. The van der Waals surface area contributed by atoms with Crippen LogP contribution < -0.4 is 5.32 Å². The molecule has 0 aromatic carbocycles. The first-order valence-corrected chi connectivity index (χ1v) is 16.4. The second-order valence-electron chi connectivity index (χ2n) is 13.8. The highest BCUT2D eigenvalue weighted by atomic mass is 32.2. The molecule has 4 aliphatic carbocycles. The fraction of sp³-hybridized carbons (Fsp3) is 0.966. The molecule has 0 radical (unpaired) electrons. The van der Waals surface area contributed by atoms with Crippen LogP contribution in [0.3, 0.4) is 0 Å². The van der Waals surface area contributed by atoms with Crippen LogP contribution in [0.4, 0.5) is 0 Å². The van der Waals surface area contributed by atoms with E-state index in [0.29, 0.717) is 41.9 Å². The summed E-state index contributed by atoms with van der Waals surface area (Å²) in [5.74, 6) is 2.04. The summed E-state index contributed by atoms with van der Waals surface area (Å²) in [4.78, 5) is 12.5. The molecule has 0 bridgehead atoms. The predicted octanol–water partition coefficient (Wildman–Crippen LogP) is 4.08. The minimum atomic E-state index is -4.37. The summed E-state index contributed by atoms with van der Waals surface area (Å²) < 4.78 is 32.9. The molecule has 0 heterocycles. The Balaban J connectivity index is 1.44. The lowest BCUT2D eigenvalue weighted by molar-refractivity contribution is -0.203. The van der Waals surface area contributed by atoms with E-state index in [9.17, 15) is 28.0 Å². The van der Waals surface area contributed by atoms with Gasteiger partial charge < -0.3 is 20.1 Å². The first-order chi connectivity index (χ1) is 17.2. The molecular weight excluding hydrogens is 490 g/mol. The Hall–Kier alpha value is -0.700. The molecule has 0 spiro atoms. The van der Waals surface area contributed by atoms with E-state index in [1.165, 1.54) is 0 Å². The molecule has 8 heteroatoms. The number of hydrogen-bond acceptors (Lipinski definition) is 6. The molecule has 4 aliphatic rings. The Kier molecular flexibility index (Phi) is 8.47. The summed E-state index contributed by atoms with van der Waals surface area (Å²) in [5.41, 5.74) is 0.346. The van der Waals surface area contributed by atoms with Gasteiger partial charge in [-0.3, -0.25) is 4.79 Å². The lowest BCUT2D eigenvalue weighted by atomic mass is 9.41. The molecule has 3 N–H and O–H groups in total. The molecule has 37 heavy (non-hydrogen) atoms. The van der Waals surface area contributed by atoms with E-state index < -0.39 is 21.9 Å². The van der Waals surface area contributed by atoms with Gasteiger partial charge in [-0.1, -0.05) is 34.1 Å². The van der Waals surface area contributed by atoms with Crippen LogP contribution in [0.15, 0.2) is 0 Å². The van der Waals surface area contributed by atoms with Crippen molar-refractivity contribution in [3.63, 3.8) is 0 Å². The van der Waals surface area contributed by atoms with E-state index in [2.05, 4.69) is 33.0 Å². The van der Waals surface area contributed by atoms with Crippen LogP contribution in [0, 0.1) is 52.3 Å². The number of nitrogens with one attached hydrogen (secondary N) is 1. The van der Waals surface area contributed by atoms with Crippen molar-refractivity contribution >= 4 is 16.0 Å². The van der Waals surface area contributed by atoms with E-state index in [1.807, 2.05) is 0 Å². The standard InChI is InChI=1S/C29H51NO6S/c1-6-20-24-15-19(31)11-13-29(24,5)23-12-14-28(4)21(8-9-22(28)26(23)27(20)33)17(2)7-10-25(32)30-18(3)16-37(34,35)36/h17-24,26-27,31,33H,6-16H2,1-5H3,(H,30,32)(H,34,35,36)/p-1/t17-,18+,19-,20-,21-,22+,23+,24+,26+,27-,28-,29-/m1/s1. The monoisotopic (exact) mass is 540 g/mol. The Morgan fingerprint density at radius 1 is 1.03 bits per heavy atom. The molecule has 214 valence electrons. The third-order valence-corrected chi connectivity index (χ3v) is 12.7. The van der Waals surface area contributed by atoms with E-state index in [4.69, 9.17) is 0 Å². The van der Waals surface area contributed by atoms with Crippen molar-refractivity contribution in [1.82, 2.24) is 5.32 Å². The third-order valence-electron chi connectivity index (χ3n) is 11.8. The van der Waals surface area contributed by atoms with E-state index >= 15 is 0 Å². The number of carbonyl (C=O) groups is 1. The summed E-state index contributed by atoms with van der Waals surface area (Å²) in [7, 11) is -4.37. The summed E-state index contributed by atoms with van der Waals surface area (Å²) in [6.45, 7) is 10.9. The SMILES string of the molecule is CC[C@H]1[C@@H](O)[C@@H]2[C@H](CC[C@]3(C)[C@@H]([C@H](C)CCC(=O)N[C@@H](C)CS(=O)(=O)[O-])CC[C@@H]23)[C@@]2(C)CC[C@@H](O)C[C@@H]12. The number of carbonyl (C=O) groups excluding carboxylic acids is 1. The number of aliphatic hydroxyl groups excluding tert-OH is 2. The zero-order valence-electron chi connectivity index (χ0n) is 23.5. The molecule has 0 saturated heterocycles. The van der Waals surface area contributed by atoms with Crippen LogP contribution >= 0.6 is 0 Å². The lowest BCUT2D eigenvalue weighted by Crippen LogP contribution is -2.62. The molecule has 0 unspecified atom stereocenters. The minimum Gasteiger partial charge on any atom is -0.748 e. The molecule has 4 rings (SSSR count). The fourth-order valence-corrected chi connectivity index (χ4v) is 10.9. The number of hydrogen-bond donors (Lipinski definition) is 3. The average Bonchev–Trinajstić information content (AvgIpc) is 3.15. The highest BCUT2D eigenvalue weighted by molar-refractivity contribution is 7.85. The summed E-state index contributed by atoms with van der Waals surface area (Å²) in [6, 6.07) is -0.681. The third kappa shape index (κ3) is 5.51. The van der Waals surface area contributed by atoms with Gasteiger partial charge in [-0.05, 0) is 111 Å². The fourth-order valence-electron chi connectivity index (χ4n) is 10.2. The van der Waals surface area contributed by atoms with E-state index in [1.54, 1.807) is 6.92 Å². The summed E-state index contributed by atoms with van der Waals surface area (Å²) >= 11 is 0. The molecule has 0 aromatic heterocycles. The first kappa shape index (κ1) is 29.3. The molecule has 1 amide bonds. The van der Waals surface area contributed by atoms with E-state index in [0.717, 1.165) is 57.8 Å². The highest BCUT2D eigenvalue weighted by Crippen LogP contribution is 2.69. The predicted molar refractivity (Wildman–Crippen MR) is 142 cm³/mol. The maximum Gasteiger partial charge on any atom is 0.220 e. The van der Waals surface area contributed by atoms with Gasteiger partial charge in [0.15, 0.2) is 0 Å². The van der Waals surface area contributed by atoms with Crippen molar-refractivity contribution in [3.05, 3.63) is 0 Å². The van der Waals surface area contributed by atoms with Gasteiger partial charge in [0.1, 0.15) is 0 Å². The van der Waals surface area contributed by atoms with Crippen molar-refractivity contribution in [2.75, 3.05) is 5.75 Å². The van der Waals surface area contributed by atoms with Crippen LogP contribution in [0.25, 0.3) is 0 Å². The number of rotatable bonds is 8. The van der Waals surface area contributed by atoms with Crippen molar-refractivity contribution in [2.24, 2.45) is 52.3 Å². The molecule has 7 nitrogen and oxygen atoms in total.